The lowest BCUT2D eigenvalue weighted by Gasteiger charge is -2.24. The van der Waals surface area contributed by atoms with Gasteiger partial charge in [0.15, 0.2) is 0 Å². The standard InChI is InChI=1S/C17H18F2O2/c1-3-21-17(12-7-5-4-6-8-12)16(20)14-13(18)10-9-11(2)15(14)19/h4-10,16-17,20H,3H2,1-2H3. The molecule has 0 spiro atoms. The first-order chi connectivity index (χ1) is 10.1. The number of hydrogen-bond acceptors (Lipinski definition) is 2. The maximum atomic E-state index is 14.2. The highest BCUT2D eigenvalue weighted by Gasteiger charge is 2.29. The molecule has 1 N–H and O–H groups in total. The summed E-state index contributed by atoms with van der Waals surface area (Å²) in [6.45, 7) is 3.63. The van der Waals surface area contributed by atoms with E-state index >= 15 is 0 Å². The summed E-state index contributed by atoms with van der Waals surface area (Å²) in [7, 11) is 0. The summed E-state index contributed by atoms with van der Waals surface area (Å²) in [5.41, 5.74) is 0.609. The molecule has 21 heavy (non-hydrogen) atoms. The summed E-state index contributed by atoms with van der Waals surface area (Å²) in [6, 6.07) is 11.4. The van der Waals surface area contributed by atoms with Crippen LogP contribution in [0.3, 0.4) is 0 Å². The highest BCUT2D eigenvalue weighted by atomic mass is 19.1. The minimum Gasteiger partial charge on any atom is -0.385 e. The Hall–Kier alpha value is -1.78. The fourth-order valence-electron chi connectivity index (χ4n) is 2.29. The number of benzene rings is 2. The third-order valence-corrected chi connectivity index (χ3v) is 3.38. The van der Waals surface area contributed by atoms with Crippen LogP contribution < -0.4 is 0 Å². The second-order valence-electron chi connectivity index (χ2n) is 4.82. The third-order valence-electron chi connectivity index (χ3n) is 3.38. The molecule has 112 valence electrons. The molecule has 2 atom stereocenters. The quantitative estimate of drug-likeness (QED) is 0.899. The molecular formula is C17H18F2O2. The Morgan fingerprint density at radius 3 is 2.38 bits per heavy atom. The normalized spacial score (nSPS) is 14.0. The number of aliphatic hydroxyl groups is 1. The average Bonchev–Trinajstić information content (AvgIpc) is 2.49. The smallest absolute Gasteiger partial charge is 0.134 e. The molecule has 0 fully saturated rings. The summed E-state index contributed by atoms with van der Waals surface area (Å²) in [5.74, 6) is -1.51. The van der Waals surface area contributed by atoms with Crippen molar-refractivity contribution in [3.05, 3.63) is 70.8 Å². The van der Waals surface area contributed by atoms with Gasteiger partial charge in [0.05, 0.1) is 5.56 Å². The minimum absolute atomic E-state index is 0.286. The Kier molecular flexibility index (Phi) is 5.04. The van der Waals surface area contributed by atoms with Crippen molar-refractivity contribution in [2.45, 2.75) is 26.1 Å². The molecule has 0 radical (unpaired) electrons. The molecule has 0 amide bonds. The summed E-state index contributed by atoms with van der Waals surface area (Å²) in [5, 5.41) is 10.4. The van der Waals surface area contributed by atoms with Crippen LogP contribution in [0.5, 0.6) is 0 Å². The molecule has 0 bridgehead atoms. The summed E-state index contributed by atoms with van der Waals surface area (Å²) < 4.78 is 33.6. The van der Waals surface area contributed by atoms with Gasteiger partial charge in [-0.2, -0.15) is 0 Å². The Balaban J connectivity index is 2.44. The molecule has 0 aliphatic heterocycles. The van der Waals surface area contributed by atoms with E-state index in [0.29, 0.717) is 12.2 Å². The van der Waals surface area contributed by atoms with Crippen molar-refractivity contribution in [3.8, 4) is 0 Å². The predicted molar refractivity (Wildman–Crippen MR) is 76.9 cm³/mol. The molecular weight excluding hydrogens is 274 g/mol. The van der Waals surface area contributed by atoms with E-state index in [9.17, 15) is 13.9 Å². The molecule has 0 saturated heterocycles. The van der Waals surface area contributed by atoms with Gasteiger partial charge in [0.25, 0.3) is 0 Å². The van der Waals surface area contributed by atoms with Crippen LogP contribution in [0.4, 0.5) is 8.78 Å². The first kappa shape index (κ1) is 15.6. The average molecular weight is 292 g/mol. The number of hydrogen-bond donors (Lipinski definition) is 1. The molecule has 0 saturated carbocycles. The van der Waals surface area contributed by atoms with Crippen molar-refractivity contribution in [1.82, 2.24) is 0 Å². The molecule has 2 aromatic rings. The predicted octanol–water partition coefficient (Wildman–Crippen LogP) is 4.08. The topological polar surface area (TPSA) is 29.5 Å². The highest BCUT2D eigenvalue weighted by Crippen LogP contribution is 2.35. The Morgan fingerprint density at radius 2 is 1.76 bits per heavy atom. The van der Waals surface area contributed by atoms with Gasteiger partial charge in [0, 0.05) is 6.61 Å². The summed E-state index contributed by atoms with van der Waals surface area (Å²) in [4.78, 5) is 0. The minimum atomic E-state index is -1.41. The van der Waals surface area contributed by atoms with Crippen molar-refractivity contribution in [1.29, 1.82) is 0 Å². The van der Waals surface area contributed by atoms with Crippen LogP contribution in [0.15, 0.2) is 42.5 Å². The van der Waals surface area contributed by atoms with E-state index in [1.807, 2.05) is 6.07 Å². The zero-order valence-corrected chi connectivity index (χ0v) is 12.0. The van der Waals surface area contributed by atoms with Crippen molar-refractivity contribution in [2.75, 3.05) is 6.61 Å². The molecule has 0 aliphatic rings. The monoisotopic (exact) mass is 292 g/mol. The molecule has 0 aromatic heterocycles. The van der Waals surface area contributed by atoms with Crippen molar-refractivity contribution in [2.24, 2.45) is 0 Å². The van der Waals surface area contributed by atoms with Crippen LogP contribution in [0.2, 0.25) is 0 Å². The van der Waals surface area contributed by atoms with Gasteiger partial charge in [-0.1, -0.05) is 36.4 Å². The van der Waals surface area contributed by atoms with Crippen LogP contribution in [0.1, 0.15) is 35.8 Å². The van der Waals surface area contributed by atoms with E-state index < -0.39 is 23.8 Å². The SMILES string of the molecule is CCOC(c1ccccc1)C(O)c1c(F)ccc(C)c1F. The second-order valence-corrected chi connectivity index (χ2v) is 4.82. The first-order valence-corrected chi connectivity index (χ1v) is 6.85. The fraction of sp³-hybridized carbons (Fsp3) is 0.294. The van der Waals surface area contributed by atoms with E-state index in [4.69, 9.17) is 4.74 Å². The van der Waals surface area contributed by atoms with Crippen molar-refractivity contribution in [3.63, 3.8) is 0 Å². The maximum Gasteiger partial charge on any atom is 0.134 e. The lowest BCUT2D eigenvalue weighted by Crippen LogP contribution is -2.17. The zero-order valence-electron chi connectivity index (χ0n) is 12.0. The summed E-state index contributed by atoms with van der Waals surface area (Å²) >= 11 is 0. The van der Waals surface area contributed by atoms with Gasteiger partial charge >= 0.3 is 0 Å². The highest BCUT2D eigenvalue weighted by molar-refractivity contribution is 5.31. The van der Waals surface area contributed by atoms with Crippen molar-refractivity contribution < 1.29 is 18.6 Å². The van der Waals surface area contributed by atoms with Gasteiger partial charge in [0.2, 0.25) is 0 Å². The van der Waals surface area contributed by atoms with Crippen LogP contribution in [0, 0.1) is 18.6 Å². The largest absolute Gasteiger partial charge is 0.385 e. The molecule has 2 rings (SSSR count). The van der Waals surface area contributed by atoms with Gasteiger partial charge in [0.1, 0.15) is 23.8 Å². The van der Waals surface area contributed by atoms with Gasteiger partial charge in [-0.15, -0.1) is 0 Å². The van der Waals surface area contributed by atoms with Crippen LogP contribution in [-0.4, -0.2) is 11.7 Å². The second kappa shape index (κ2) is 6.78. The molecule has 0 aliphatic carbocycles. The van der Waals surface area contributed by atoms with E-state index in [1.165, 1.54) is 13.0 Å². The van der Waals surface area contributed by atoms with E-state index in [1.54, 1.807) is 31.2 Å². The number of rotatable bonds is 5. The lowest BCUT2D eigenvalue weighted by molar-refractivity contribution is -0.0390. The molecule has 2 unspecified atom stereocenters. The Labute approximate surface area is 123 Å². The fourth-order valence-corrected chi connectivity index (χ4v) is 2.29. The Bertz CT molecular complexity index is 599. The van der Waals surface area contributed by atoms with E-state index in [-0.39, 0.29) is 11.1 Å². The van der Waals surface area contributed by atoms with E-state index in [0.717, 1.165) is 6.07 Å². The van der Waals surface area contributed by atoms with Gasteiger partial charge < -0.3 is 9.84 Å². The van der Waals surface area contributed by atoms with Gasteiger partial charge in [-0.25, -0.2) is 8.78 Å². The molecule has 2 aromatic carbocycles. The molecule has 4 heteroatoms. The van der Waals surface area contributed by atoms with Crippen LogP contribution >= 0.6 is 0 Å². The van der Waals surface area contributed by atoms with Gasteiger partial charge in [-0.3, -0.25) is 0 Å². The van der Waals surface area contributed by atoms with E-state index in [2.05, 4.69) is 0 Å². The maximum absolute atomic E-state index is 14.2. The Morgan fingerprint density at radius 1 is 1.10 bits per heavy atom. The number of halogens is 2. The number of aryl methyl sites for hydroxylation is 1. The van der Waals surface area contributed by atoms with Crippen LogP contribution in [0.25, 0.3) is 0 Å². The third kappa shape index (κ3) is 3.28. The molecule has 2 nitrogen and oxygen atoms in total. The zero-order chi connectivity index (χ0) is 15.4. The van der Waals surface area contributed by atoms with Gasteiger partial charge in [-0.05, 0) is 31.0 Å². The number of aliphatic hydroxyl groups excluding tert-OH is 1. The molecule has 0 heterocycles. The van der Waals surface area contributed by atoms with Crippen LogP contribution in [-0.2, 0) is 4.74 Å². The number of ether oxygens (including phenoxy) is 1. The van der Waals surface area contributed by atoms with Crippen molar-refractivity contribution >= 4 is 0 Å². The summed E-state index contributed by atoms with van der Waals surface area (Å²) in [6.07, 6.45) is -2.23. The first-order valence-electron chi connectivity index (χ1n) is 6.85. The lowest BCUT2D eigenvalue weighted by atomic mass is 9.96.